The van der Waals surface area contributed by atoms with E-state index in [1.54, 1.807) is 30.7 Å². The Kier molecular flexibility index (Phi) is 3.76. The molecule has 0 amide bonds. The van der Waals surface area contributed by atoms with Crippen LogP contribution in [0.5, 0.6) is 0 Å². The number of aromatic nitrogens is 3. The van der Waals surface area contributed by atoms with E-state index in [0.29, 0.717) is 11.0 Å². The van der Waals surface area contributed by atoms with Gasteiger partial charge in [0.25, 0.3) is 0 Å². The maximum absolute atomic E-state index is 6.20. The Balaban J connectivity index is 1.79. The summed E-state index contributed by atoms with van der Waals surface area (Å²) in [5.41, 5.74) is 0.930. The molecule has 2 aromatic rings. The summed E-state index contributed by atoms with van der Waals surface area (Å²) in [5, 5.41) is 18.4. The van der Waals surface area contributed by atoms with Gasteiger partial charge in [-0.25, -0.2) is 9.97 Å². The van der Waals surface area contributed by atoms with Crippen LogP contribution in [0.2, 0.25) is 5.02 Å². The molecule has 3 heterocycles. The summed E-state index contributed by atoms with van der Waals surface area (Å²) in [7, 11) is 0. The van der Waals surface area contributed by atoms with E-state index in [1.165, 1.54) is 0 Å². The first-order chi connectivity index (χ1) is 10.6. The normalized spacial score (nSPS) is 14.5. The first-order valence-electron chi connectivity index (χ1n) is 6.57. The fraction of sp³-hybridized carbons (Fsp3) is 0.308. The van der Waals surface area contributed by atoms with Gasteiger partial charge in [0, 0.05) is 24.2 Å². The predicted molar refractivity (Wildman–Crippen MR) is 80.4 cm³/mol. The average Bonchev–Trinajstić information content (AvgIpc) is 3.02. The lowest BCUT2D eigenvalue weighted by Gasteiger charge is -2.26. The monoisotopic (exact) mass is 316 g/mol. The number of nitrogens with one attached hydrogen (secondary N) is 1. The van der Waals surface area contributed by atoms with E-state index in [2.05, 4.69) is 40.9 Å². The van der Waals surface area contributed by atoms with Gasteiger partial charge in [-0.05, 0) is 36.4 Å². The van der Waals surface area contributed by atoms with Crippen LogP contribution in [-0.2, 0) is 5.54 Å². The molecule has 0 bridgehead atoms. The van der Waals surface area contributed by atoms with Crippen LogP contribution in [-0.4, -0.2) is 15.0 Å². The molecule has 112 valence electrons. The van der Waals surface area contributed by atoms with Crippen molar-refractivity contribution in [2.45, 2.75) is 25.6 Å². The van der Waals surface area contributed by atoms with E-state index in [4.69, 9.17) is 11.6 Å². The molecule has 0 spiro atoms. The number of halogens is 1. The quantitative estimate of drug-likeness (QED) is 0.929. The lowest BCUT2D eigenvalue weighted by atomic mass is 10.00. The van der Waals surface area contributed by atoms with Crippen molar-refractivity contribution in [2.75, 3.05) is 5.32 Å². The number of nitrogens with zero attached hydrogens (tertiary/aromatic N) is 7. The molecule has 0 unspecified atom stereocenters. The SMILES string of the molecule is CC(C)(Nc1ncc(C2N=NN=N2)cn1)c1ncccc1Cl. The lowest BCUT2D eigenvalue weighted by Crippen LogP contribution is -2.30. The molecule has 1 N–H and O–H groups in total. The van der Waals surface area contributed by atoms with Crippen LogP contribution >= 0.6 is 11.6 Å². The highest BCUT2D eigenvalue weighted by Crippen LogP contribution is 2.28. The van der Waals surface area contributed by atoms with Gasteiger partial charge in [-0.3, -0.25) is 4.98 Å². The van der Waals surface area contributed by atoms with Gasteiger partial charge in [0.05, 0.1) is 16.3 Å². The van der Waals surface area contributed by atoms with Crippen molar-refractivity contribution >= 4 is 17.5 Å². The topological polar surface area (TPSA) is 100 Å². The third-order valence-corrected chi connectivity index (χ3v) is 3.41. The number of hydrogen-bond acceptors (Lipinski definition) is 8. The maximum atomic E-state index is 6.20. The molecule has 1 aliphatic rings. The van der Waals surface area contributed by atoms with Gasteiger partial charge in [0.2, 0.25) is 12.1 Å². The highest BCUT2D eigenvalue weighted by atomic mass is 35.5. The molecule has 0 saturated heterocycles. The van der Waals surface area contributed by atoms with Crippen LogP contribution in [0, 0.1) is 0 Å². The molecule has 0 atom stereocenters. The van der Waals surface area contributed by atoms with Crippen molar-refractivity contribution in [3.8, 4) is 0 Å². The Bertz CT molecular complexity index is 713. The summed E-state index contributed by atoms with van der Waals surface area (Å²) < 4.78 is 0. The summed E-state index contributed by atoms with van der Waals surface area (Å²) in [6.07, 6.45) is 4.52. The first-order valence-corrected chi connectivity index (χ1v) is 6.95. The summed E-state index contributed by atoms with van der Waals surface area (Å²) in [5.74, 6) is 0.461. The molecule has 2 aromatic heterocycles. The van der Waals surface area contributed by atoms with Gasteiger partial charge in [0.1, 0.15) is 0 Å². The Labute approximate surface area is 131 Å². The van der Waals surface area contributed by atoms with Gasteiger partial charge < -0.3 is 5.32 Å². The van der Waals surface area contributed by atoms with E-state index >= 15 is 0 Å². The highest BCUT2D eigenvalue weighted by Gasteiger charge is 2.25. The second-order valence-electron chi connectivity index (χ2n) is 5.21. The molecule has 8 nitrogen and oxygen atoms in total. The van der Waals surface area contributed by atoms with E-state index in [0.717, 1.165) is 11.3 Å². The van der Waals surface area contributed by atoms with E-state index in [1.807, 2.05) is 13.8 Å². The van der Waals surface area contributed by atoms with Crippen LogP contribution in [0.4, 0.5) is 5.95 Å². The minimum atomic E-state index is -0.521. The molecule has 0 radical (unpaired) electrons. The summed E-state index contributed by atoms with van der Waals surface area (Å²) in [6, 6.07) is 3.59. The summed E-state index contributed by atoms with van der Waals surface area (Å²) in [4.78, 5) is 12.9. The molecule has 0 aromatic carbocycles. The van der Waals surface area contributed by atoms with Gasteiger partial charge >= 0.3 is 0 Å². The Morgan fingerprint density at radius 1 is 1.09 bits per heavy atom. The average molecular weight is 317 g/mol. The number of hydrogen-bond donors (Lipinski definition) is 1. The molecule has 0 fully saturated rings. The Hall–Kier alpha value is -2.48. The fourth-order valence-electron chi connectivity index (χ4n) is 2.02. The molecule has 22 heavy (non-hydrogen) atoms. The number of rotatable bonds is 4. The van der Waals surface area contributed by atoms with Gasteiger partial charge in [0.15, 0.2) is 0 Å². The summed E-state index contributed by atoms with van der Waals surface area (Å²) in [6.45, 7) is 3.91. The zero-order chi connectivity index (χ0) is 15.6. The fourth-order valence-corrected chi connectivity index (χ4v) is 2.38. The van der Waals surface area contributed by atoms with Crippen molar-refractivity contribution in [2.24, 2.45) is 20.7 Å². The lowest BCUT2D eigenvalue weighted by molar-refractivity contribution is 0.580. The number of pyridine rings is 1. The Morgan fingerprint density at radius 2 is 1.77 bits per heavy atom. The third kappa shape index (κ3) is 2.91. The molecule has 0 saturated carbocycles. The van der Waals surface area contributed by atoms with Gasteiger partial charge in [-0.2, -0.15) is 0 Å². The van der Waals surface area contributed by atoms with Gasteiger partial charge in [-0.15, -0.1) is 10.2 Å². The molecule has 9 heteroatoms. The van der Waals surface area contributed by atoms with Crippen LogP contribution < -0.4 is 5.32 Å². The van der Waals surface area contributed by atoms with E-state index < -0.39 is 11.7 Å². The van der Waals surface area contributed by atoms with Crippen molar-refractivity contribution in [3.63, 3.8) is 0 Å². The summed E-state index contributed by atoms with van der Waals surface area (Å²) >= 11 is 6.20. The molecule has 1 aliphatic heterocycles. The van der Waals surface area contributed by atoms with Crippen molar-refractivity contribution in [3.05, 3.63) is 47.0 Å². The molecule has 3 rings (SSSR count). The second kappa shape index (κ2) is 5.72. The van der Waals surface area contributed by atoms with Crippen molar-refractivity contribution in [1.29, 1.82) is 0 Å². The molecular weight excluding hydrogens is 304 g/mol. The van der Waals surface area contributed by atoms with Crippen molar-refractivity contribution < 1.29 is 0 Å². The highest BCUT2D eigenvalue weighted by molar-refractivity contribution is 6.31. The van der Waals surface area contributed by atoms with Crippen LogP contribution in [0.25, 0.3) is 0 Å². The largest absolute Gasteiger partial charge is 0.344 e. The van der Waals surface area contributed by atoms with Crippen LogP contribution in [0.3, 0.4) is 0 Å². The van der Waals surface area contributed by atoms with Crippen molar-refractivity contribution in [1.82, 2.24) is 15.0 Å². The zero-order valence-corrected chi connectivity index (χ0v) is 12.7. The minimum Gasteiger partial charge on any atom is -0.344 e. The van der Waals surface area contributed by atoms with Gasteiger partial charge in [-0.1, -0.05) is 11.6 Å². The van der Waals surface area contributed by atoms with E-state index in [-0.39, 0.29) is 0 Å². The zero-order valence-electron chi connectivity index (χ0n) is 12.0. The Morgan fingerprint density at radius 3 is 2.41 bits per heavy atom. The third-order valence-electron chi connectivity index (χ3n) is 3.11. The van der Waals surface area contributed by atoms with E-state index in [9.17, 15) is 0 Å². The second-order valence-corrected chi connectivity index (χ2v) is 5.61. The smallest absolute Gasteiger partial charge is 0.223 e. The van der Waals surface area contributed by atoms with Crippen LogP contribution in [0.1, 0.15) is 31.3 Å². The first kappa shape index (κ1) is 14.5. The standard InChI is InChI=1S/C13H13ClN8/c1-13(2,10-9(14)4-3-5-15-10)18-12-16-6-8(7-17-12)11-19-21-22-20-11/h3-7,11H,1-2H3,(H,16,17,18). The maximum Gasteiger partial charge on any atom is 0.223 e. The molecule has 0 aliphatic carbocycles. The minimum absolute atomic E-state index is 0.452. The van der Waals surface area contributed by atoms with Crippen LogP contribution in [0.15, 0.2) is 51.4 Å². The molecular formula is C13H13ClN8. The predicted octanol–water partition coefficient (Wildman–Crippen LogP) is 3.70. The number of anilines is 1.